The number of fused-ring (bicyclic) bond motifs is 1. The zero-order chi connectivity index (χ0) is 13.5. The predicted octanol–water partition coefficient (Wildman–Crippen LogP) is 4.16. The van der Waals surface area contributed by atoms with Gasteiger partial charge in [0.2, 0.25) is 0 Å². The van der Waals surface area contributed by atoms with E-state index in [-0.39, 0.29) is 5.54 Å². The van der Waals surface area contributed by atoms with Crippen LogP contribution in [0.1, 0.15) is 46.2 Å². The molecule has 0 spiro atoms. The van der Waals surface area contributed by atoms with E-state index in [0.717, 1.165) is 0 Å². The van der Waals surface area contributed by atoms with Crippen LogP contribution in [0.15, 0.2) is 30.3 Å². The fourth-order valence-corrected chi connectivity index (χ4v) is 3.86. The highest BCUT2D eigenvalue weighted by Crippen LogP contribution is 2.34. The van der Waals surface area contributed by atoms with E-state index >= 15 is 0 Å². The van der Waals surface area contributed by atoms with Crippen molar-refractivity contribution >= 4 is 11.3 Å². The normalized spacial score (nSPS) is 17.8. The molecule has 1 aliphatic rings. The van der Waals surface area contributed by atoms with Gasteiger partial charge >= 0.3 is 0 Å². The molecule has 3 rings (SSSR count). The van der Waals surface area contributed by atoms with Crippen molar-refractivity contribution in [3.63, 3.8) is 0 Å². The highest BCUT2D eigenvalue weighted by Gasteiger charge is 2.26. The first-order chi connectivity index (χ1) is 9.07. The average molecular weight is 271 g/mol. The van der Waals surface area contributed by atoms with E-state index < -0.39 is 0 Å². The maximum Gasteiger partial charge on any atom is 0.0730 e. The van der Waals surface area contributed by atoms with E-state index in [1.165, 1.54) is 52.1 Å². The lowest BCUT2D eigenvalue weighted by molar-refractivity contribution is 0.610. The molecular formula is C17H21NS. The standard InChI is InChI=1S/C17H21NS/c1-12-7-10-16(19-12)17(2,18)15-9-8-13-5-3-4-6-14(13)11-15/h7-11H,3-6,18H2,1-2H3. The van der Waals surface area contributed by atoms with Crippen LogP contribution in [0.2, 0.25) is 0 Å². The van der Waals surface area contributed by atoms with Crippen molar-refractivity contribution in [3.05, 3.63) is 56.8 Å². The Kier molecular flexibility index (Phi) is 3.23. The van der Waals surface area contributed by atoms with Crippen LogP contribution in [0.4, 0.5) is 0 Å². The van der Waals surface area contributed by atoms with Gasteiger partial charge in [0.25, 0.3) is 0 Å². The van der Waals surface area contributed by atoms with Crippen LogP contribution in [-0.4, -0.2) is 0 Å². The van der Waals surface area contributed by atoms with Gasteiger partial charge in [-0.2, -0.15) is 0 Å². The van der Waals surface area contributed by atoms with E-state index in [1.807, 2.05) is 0 Å². The summed E-state index contributed by atoms with van der Waals surface area (Å²) in [7, 11) is 0. The largest absolute Gasteiger partial charge is 0.317 e. The molecular weight excluding hydrogens is 250 g/mol. The molecule has 1 aromatic carbocycles. The van der Waals surface area contributed by atoms with Crippen molar-refractivity contribution in [1.82, 2.24) is 0 Å². The first-order valence-corrected chi connectivity index (χ1v) is 7.87. The summed E-state index contributed by atoms with van der Waals surface area (Å²) in [6.07, 6.45) is 5.09. The molecule has 0 saturated carbocycles. The highest BCUT2D eigenvalue weighted by atomic mass is 32.1. The smallest absolute Gasteiger partial charge is 0.0730 e. The molecule has 0 saturated heterocycles. The highest BCUT2D eigenvalue weighted by molar-refractivity contribution is 7.12. The van der Waals surface area contributed by atoms with Crippen LogP contribution in [0.5, 0.6) is 0 Å². The second-order valence-corrected chi connectivity index (χ2v) is 7.09. The molecule has 1 nitrogen and oxygen atoms in total. The Morgan fingerprint density at radius 1 is 1.05 bits per heavy atom. The zero-order valence-corrected chi connectivity index (χ0v) is 12.5. The van der Waals surface area contributed by atoms with Gasteiger partial charge in [-0.15, -0.1) is 11.3 Å². The molecule has 0 amide bonds. The molecule has 2 N–H and O–H groups in total. The van der Waals surface area contributed by atoms with Crippen LogP contribution < -0.4 is 5.73 Å². The van der Waals surface area contributed by atoms with Crippen molar-refractivity contribution < 1.29 is 0 Å². The van der Waals surface area contributed by atoms with E-state index in [1.54, 1.807) is 11.3 Å². The molecule has 0 aliphatic heterocycles. The molecule has 1 aliphatic carbocycles. The van der Waals surface area contributed by atoms with Crippen LogP contribution in [-0.2, 0) is 18.4 Å². The molecule has 2 heteroatoms. The molecule has 1 atom stereocenters. The Bertz CT molecular complexity index is 595. The zero-order valence-electron chi connectivity index (χ0n) is 11.7. The van der Waals surface area contributed by atoms with Crippen molar-refractivity contribution in [2.24, 2.45) is 5.73 Å². The van der Waals surface area contributed by atoms with Crippen LogP contribution >= 0.6 is 11.3 Å². The summed E-state index contributed by atoms with van der Waals surface area (Å²) in [6.45, 7) is 4.26. The Labute approximate surface area is 119 Å². The molecule has 1 heterocycles. The maximum atomic E-state index is 6.62. The SMILES string of the molecule is Cc1ccc(C(C)(N)c2ccc3c(c2)CCCC3)s1. The topological polar surface area (TPSA) is 26.0 Å². The molecule has 0 fully saturated rings. The number of hydrogen-bond donors (Lipinski definition) is 1. The number of benzene rings is 1. The van der Waals surface area contributed by atoms with E-state index in [9.17, 15) is 0 Å². The third kappa shape index (κ3) is 2.35. The number of rotatable bonds is 2. The molecule has 1 aromatic heterocycles. The minimum Gasteiger partial charge on any atom is -0.317 e. The van der Waals surface area contributed by atoms with Gasteiger partial charge in [-0.05, 0) is 68.4 Å². The van der Waals surface area contributed by atoms with Gasteiger partial charge in [-0.1, -0.05) is 18.2 Å². The van der Waals surface area contributed by atoms with Gasteiger partial charge in [0.05, 0.1) is 5.54 Å². The van der Waals surface area contributed by atoms with E-state index in [4.69, 9.17) is 5.73 Å². The first-order valence-electron chi connectivity index (χ1n) is 7.05. The van der Waals surface area contributed by atoms with Crippen molar-refractivity contribution in [3.8, 4) is 0 Å². The van der Waals surface area contributed by atoms with Crippen molar-refractivity contribution in [2.75, 3.05) is 0 Å². The van der Waals surface area contributed by atoms with E-state index in [2.05, 4.69) is 44.2 Å². The van der Waals surface area contributed by atoms with Crippen LogP contribution in [0.3, 0.4) is 0 Å². The third-order valence-electron chi connectivity index (χ3n) is 4.20. The molecule has 1 unspecified atom stereocenters. The second kappa shape index (κ2) is 4.77. The lowest BCUT2D eigenvalue weighted by Crippen LogP contribution is -2.33. The third-order valence-corrected chi connectivity index (χ3v) is 5.44. The average Bonchev–Trinajstić information content (AvgIpc) is 2.85. The summed E-state index contributed by atoms with van der Waals surface area (Å²) in [5.41, 5.74) is 10.5. The number of hydrogen-bond acceptors (Lipinski definition) is 2. The predicted molar refractivity (Wildman–Crippen MR) is 82.8 cm³/mol. The van der Waals surface area contributed by atoms with Crippen LogP contribution in [0.25, 0.3) is 0 Å². The van der Waals surface area contributed by atoms with Gasteiger partial charge in [-0.3, -0.25) is 0 Å². The molecule has 2 aromatic rings. The fraction of sp³-hybridized carbons (Fsp3) is 0.412. The Balaban J connectivity index is 2.01. The summed E-state index contributed by atoms with van der Waals surface area (Å²) in [5.74, 6) is 0. The minimum absolute atomic E-state index is 0.370. The summed E-state index contributed by atoms with van der Waals surface area (Å²) in [4.78, 5) is 2.57. The fourth-order valence-electron chi connectivity index (χ4n) is 2.91. The molecule has 100 valence electrons. The molecule has 19 heavy (non-hydrogen) atoms. The monoisotopic (exact) mass is 271 g/mol. The molecule has 0 bridgehead atoms. The maximum absolute atomic E-state index is 6.62. The summed E-state index contributed by atoms with van der Waals surface area (Å²) in [5, 5.41) is 0. The van der Waals surface area contributed by atoms with Gasteiger partial charge < -0.3 is 5.73 Å². The summed E-state index contributed by atoms with van der Waals surface area (Å²) < 4.78 is 0. The Morgan fingerprint density at radius 3 is 2.47 bits per heavy atom. The van der Waals surface area contributed by atoms with Crippen molar-refractivity contribution in [2.45, 2.75) is 45.1 Å². The Morgan fingerprint density at radius 2 is 1.79 bits per heavy atom. The Hall–Kier alpha value is -1.12. The number of aryl methyl sites for hydroxylation is 3. The minimum atomic E-state index is -0.370. The lowest BCUT2D eigenvalue weighted by atomic mass is 9.85. The lowest BCUT2D eigenvalue weighted by Gasteiger charge is -2.26. The molecule has 0 radical (unpaired) electrons. The van der Waals surface area contributed by atoms with Crippen LogP contribution in [0, 0.1) is 6.92 Å². The van der Waals surface area contributed by atoms with Gasteiger partial charge in [0.1, 0.15) is 0 Å². The second-order valence-electron chi connectivity index (χ2n) is 5.80. The van der Waals surface area contributed by atoms with Gasteiger partial charge in [0, 0.05) is 9.75 Å². The van der Waals surface area contributed by atoms with Gasteiger partial charge in [0.15, 0.2) is 0 Å². The summed E-state index contributed by atoms with van der Waals surface area (Å²) in [6, 6.07) is 11.2. The first kappa shape index (κ1) is 12.9. The van der Waals surface area contributed by atoms with Crippen molar-refractivity contribution in [1.29, 1.82) is 0 Å². The van der Waals surface area contributed by atoms with Gasteiger partial charge in [-0.25, -0.2) is 0 Å². The number of nitrogens with two attached hydrogens (primary N) is 1. The number of thiophene rings is 1. The van der Waals surface area contributed by atoms with E-state index in [0.29, 0.717) is 0 Å². The summed E-state index contributed by atoms with van der Waals surface area (Å²) >= 11 is 1.80. The quantitative estimate of drug-likeness (QED) is 0.872.